The molecule has 1 fully saturated rings. The summed E-state index contributed by atoms with van der Waals surface area (Å²) in [7, 11) is 2.02. The molecule has 1 atom stereocenters. The predicted octanol–water partition coefficient (Wildman–Crippen LogP) is 5.51. The zero-order chi connectivity index (χ0) is 16.7. The molecule has 2 heteroatoms. The summed E-state index contributed by atoms with van der Waals surface area (Å²) < 4.78 is 0. The van der Waals surface area contributed by atoms with E-state index in [1.165, 1.54) is 12.8 Å². The Morgan fingerprint density at radius 1 is 1.22 bits per heavy atom. The molecule has 2 nitrogen and oxygen atoms in total. The Hall–Kier alpha value is -1.83. The van der Waals surface area contributed by atoms with Crippen LogP contribution in [0.15, 0.2) is 54.3 Å². The normalized spacial score (nSPS) is 23.1. The molecule has 0 saturated heterocycles. The molecule has 124 valence electrons. The Kier molecular flexibility index (Phi) is 6.20. The summed E-state index contributed by atoms with van der Waals surface area (Å²) >= 11 is 0. The minimum atomic E-state index is -0.257. The summed E-state index contributed by atoms with van der Waals surface area (Å²) in [6.07, 6.45) is 12.6. The SMILES string of the molecule is C/C=C/C1(CCCCC)CC/C(=C\N(C)c2ccccc2)C1=O. The number of unbranched alkanes of at least 4 members (excludes halogenated alkanes) is 2. The van der Waals surface area contributed by atoms with Crippen molar-refractivity contribution in [1.29, 1.82) is 0 Å². The third kappa shape index (κ3) is 4.13. The molecule has 0 radical (unpaired) electrons. The number of rotatable bonds is 7. The number of nitrogens with zero attached hydrogens (tertiary/aromatic N) is 1. The van der Waals surface area contributed by atoms with Crippen LogP contribution in [0.3, 0.4) is 0 Å². The number of carbonyl (C=O) groups is 1. The molecule has 0 spiro atoms. The fraction of sp³-hybridized carbons (Fsp3) is 0.476. The number of hydrogen-bond acceptors (Lipinski definition) is 2. The number of benzene rings is 1. The highest BCUT2D eigenvalue weighted by Gasteiger charge is 2.42. The number of allylic oxidation sites excluding steroid dienone is 3. The van der Waals surface area contributed by atoms with Gasteiger partial charge in [0.15, 0.2) is 5.78 Å². The van der Waals surface area contributed by atoms with Crippen LogP contribution in [0.4, 0.5) is 5.69 Å². The van der Waals surface area contributed by atoms with Gasteiger partial charge in [0.05, 0.1) is 5.41 Å². The van der Waals surface area contributed by atoms with Crippen molar-refractivity contribution in [3.05, 3.63) is 54.3 Å². The molecule has 1 aliphatic rings. The molecule has 0 amide bonds. The Morgan fingerprint density at radius 3 is 2.61 bits per heavy atom. The molecule has 1 unspecified atom stereocenters. The van der Waals surface area contributed by atoms with Crippen molar-refractivity contribution < 1.29 is 4.79 Å². The molecular formula is C21H29NO. The first-order valence-electron chi connectivity index (χ1n) is 8.80. The molecule has 1 aromatic rings. The van der Waals surface area contributed by atoms with Gasteiger partial charge in [-0.3, -0.25) is 4.79 Å². The van der Waals surface area contributed by atoms with Crippen molar-refractivity contribution in [2.24, 2.45) is 5.41 Å². The van der Waals surface area contributed by atoms with Crippen LogP contribution in [0.5, 0.6) is 0 Å². The summed E-state index contributed by atoms with van der Waals surface area (Å²) in [5.41, 5.74) is 1.82. The summed E-state index contributed by atoms with van der Waals surface area (Å²) in [5, 5.41) is 0. The van der Waals surface area contributed by atoms with Crippen LogP contribution in [-0.2, 0) is 4.79 Å². The zero-order valence-corrected chi connectivity index (χ0v) is 14.7. The quantitative estimate of drug-likeness (QED) is 0.376. The second-order valence-corrected chi connectivity index (χ2v) is 6.54. The molecule has 0 bridgehead atoms. The standard InChI is InChI=1S/C21H29NO/c1-4-6-10-15-21(14-5-2)16-13-18(20(21)23)17-22(3)19-11-8-7-9-12-19/h5,7-9,11-12,14,17H,4,6,10,13,15-16H2,1-3H3/b14-5+,18-17+. The molecule has 0 aliphatic heterocycles. The lowest BCUT2D eigenvalue weighted by atomic mass is 9.79. The smallest absolute Gasteiger partial charge is 0.170 e. The topological polar surface area (TPSA) is 20.3 Å². The van der Waals surface area contributed by atoms with Gasteiger partial charge in [0, 0.05) is 24.5 Å². The van der Waals surface area contributed by atoms with E-state index in [0.29, 0.717) is 5.78 Å². The first kappa shape index (κ1) is 17.5. The zero-order valence-electron chi connectivity index (χ0n) is 14.7. The highest BCUT2D eigenvalue weighted by atomic mass is 16.1. The summed E-state index contributed by atoms with van der Waals surface area (Å²) in [4.78, 5) is 15.1. The molecule has 0 heterocycles. The van der Waals surface area contributed by atoms with Gasteiger partial charge in [0.1, 0.15) is 0 Å². The first-order chi connectivity index (χ1) is 11.1. The minimum Gasteiger partial charge on any atom is -0.351 e. The van der Waals surface area contributed by atoms with E-state index in [1.807, 2.05) is 44.4 Å². The Labute approximate surface area is 140 Å². The third-order valence-corrected chi connectivity index (χ3v) is 4.81. The van der Waals surface area contributed by atoms with Gasteiger partial charge in [-0.2, -0.15) is 0 Å². The van der Waals surface area contributed by atoms with Gasteiger partial charge in [-0.25, -0.2) is 0 Å². The van der Waals surface area contributed by atoms with Gasteiger partial charge in [0.2, 0.25) is 0 Å². The predicted molar refractivity (Wildman–Crippen MR) is 98.6 cm³/mol. The fourth-order valence-electron chi connectivity index (χ4n) is 3.49. The van der Waals surface area contributed by atoms with E-state index in [9.17, 15) is 4.79 Å². The number of anilines is 1. The van der Waals surface area contributed by atoms with E-state index in [2.05, 4.69) is 30.0 Å². The van der Waals surface area contributed by atoms with Crippen molar-refractivity contribution >= 4 is 11.5 Å². The average molecular weight is 311 g/mol. The van der Waals surface area contributed by atoms with Gasteiger partial charge < -0.3 is 4.90 Å². The Bertz CT molecular complexity index is 573. The lowest BCUT2D eigenvalue weighted by molar-refractivity contribution is -0.121. The van der Waals surface area contributed by atoms with Crippen LogP contribution >= 0.6 is 0 Å². The number of Topliss-reactive ketones (excluding diaryl/α,β-unsaturated/α-hetero) is 1. The van der Waals surface area contributed by atoms with E-state index >= 15 is 0 Å². The number of para-hydroxylation sites is 1. The molecule has 1 saturated carbocycles. The average Bonchev–Trinajstić information content (AvgIpc) is 2.86. The van der Waals surface area contributed by atoms with E-state index in [4.69, 9.17) is 0 Å². The van der Waals surface area contributed by atoms with E-state index < -0.39 is 0 Å². The van der Waals surface area contributed by atoms with E-state index in [1.54, 1.807) is 0 Å². The van der Waals surface area contributed by atoms with Gasteiger partial charge in [-0.15, -0.1) is 0 Å². The lowest BCUT2D eigenvalue weighted by Crippen LogP contribution is -2.24. The van der Waals surface area contributed by atoms with Crippen LogP contribution < -0.4 is 4.90 Å². The van der Waals surface area contributed by atoms with Crippen molar-refractivity contribution in [3.63, 3.8) is 0 Å². The summed E-state index contributed by atoms with van der Waals surface area (Å²) in [6.45, 7) is 4.23. The minimum absolute atomic E-state index is 0.257. The lowest BCUT2D eigenvalue weighted by Gasteiger charge is -2.23. The van der Waals surface area contributed by atoms with Crippen LogP contribution in [0.1, 0.15) is 52.4 Å². The fourth-order valence-corrected chi connectivity index (χ4v) is 3.49. The van der Waals surface area contributed by atoms with Crippen molar-refractivity contribution in [2.45, 2.75) is 52.4 Å². The second kappa shape index (κ2) is 8.14. The molecule has 0 aromatic heterocycles. The van der Waals surface area contributed by atoms with Crippen LogP contribution in [0.25, 0.3) is 0 Å². The molecular weight excluding hydrogens is 282 g/mol. The van der Waals surface area contributed by atoms with Crippen molar-refractivity contribution in [1.82, 2.24) is 0 Å². The van der Waals surface area contributed by atoms with Crippen LogP contribution in [-0.4, -0.2) is 12.8 Å². The Balaban J connectivity index is 2.16. The third-order valence-electron chi connectivity index (χ3n) is 4.81. The van der Waals surface area contributed by atoms with Crippen LogP contribution in [0.2, 0.25) is 0 Å². The van der Waals surface area contributed by atoms with E-state index in [0.717, 1.165) is 36.9 Å². The summed E-state index contributed by atoms with van der Waals surface area (Å²) in [5.74, 6) is 0.328. The summed E-state index contributed by atoms with van der Waals surface area (Å²) in [6, 6.07) is 10.2. The maximum absolute atomic E-state index is 13.0. The van der Waals surface area contributed by atoms with Gasteiger partial charge >= 0.3 is 0 Å². The maximum Gasteiger partial charge on any atom is 0.170 e. The monoisotopic (exact) mass is 311 g/mol. The maximum atomic E-state index is 13.0. The van der Waals surface area contributed by atoms with Crippen molar-refractivity contribution in [3.8, 4) is 0 Å². The van der Waals surface area contributed by atoms with Gasteiger partial charge in [-0.05, 0) is 38.3 Å². The Morgan fingerprint density at radius 2 is 1.96 bits per heavy atom. The molecule has 23 heavy (non-hydrogen) atoms. The number of carbonyl (C=O) groups excluding carboxylic acids is 1. The molecule has 0 N–H and O–H groups in total. The first-order valence-corrected chi connectivity index (χ1v) is 8.80. The molecule has 1 aromatic carbocycles. The highest BCUT2D eigenvalue weighted by molar-refractivity contribution is 6.03. The van der Waals surface area contributed by atoms with E-state index in [-0.39, 0.29) is 5.41 Å². The number of ketones is 1. The molecule has 2 rings (SSSR count). The van der Waals surface area contributed by atoms with Gasteiger partial charge in [0.25, 0.3) is 0 Å². The largest absolute Gasteiger partial charge is 0.351 e. The highest BCUT2D eigenvalue weighted by Crippen LogP contribution is 2.43. The molecule has 1 aliphatic carbocycles. The van der Waals surface area contributed by atoms with Crippen LogP contribution in [0, 0.1) is 5.41 Å². The van der Waals surface area contributed by atoms with Gasteiger partial charge in [-0.1, -0.05) is 56.5 Å². The number of hydrogen-bond donors (Lipinski definition) is 0. The van der Waals surface area contributed by atoms with Crippen molar-refractivity contribution in [2.75, 3.05) is 11.9 Å². The second-order valence-electron chi connectivity index (χ2n) is 6.54.